The number of hydrogen-bond acceptors (Lipinski definition) is 10. The van der Waals surface area contributed by atoms with Crippen molar-refractivity contribution in [2.24, 2.45) is 11.8 Å². The van der Waals surface area contributed by atoms with E-state index in [1.54, 1.807) is 0 Å². The van der Waals surface area contributed by atoms with E-state index in [1.807, 2.05) is 0 Å². The number of hydrogen-bond donors (Lipinski definition) is 0. The Morgan fingerprint density at radius 3 is 2.24 bits per heavy atom. The summed E-state index contributed by atoms with van der Waals surface area (Å²) in [4.78, 5) is 13.0. The minimum absolute atomic E-state index is 0.0426. The van der Waals surface area contributed by atoms with Crippen molar-refractivity contribution in [1.29, 1.82) is 0 Å². The summed E-state index contributed by atoms with van der Waals surface area (Å²) in [5.74, 6) is -4.08. The minimum atomic E-state index is -6.14. The predicted octanol–water partition coefficient (Wildman–Crippen LogP) is 3.78. The van der Waals surface area contributed by atoms with Crippen LogP contribution in [0, 0.1) is 11.8 Å². The van der Waals surface area contributed by atoms with Crippen LogP contribution in [0.1, 0.15) is 17.0 Å². The van der Waals surface area contributed by atoms with Gasteiger partial charge in [-0.1, -0.05) is 12.1 Å². The summed E-state index contributed by atoms with van der Waals surface area (Å²) in [6.07, 6.45) is 1.47. The molecule has 3 atom stereocenters. The maximum Gasteiger partial charge on any atom is 0.534 e. The summed E-state index contributed by atoms with van der Waals surface area (Å²) in [6, 6.07) is 5.65. The number of methoxy groups -OCH3 is 3. The van der Waals surface area contributed by atoms with Crippen LogP contribution in [0.5, 0.6) is 34.5 Å². The van der Waals surface area contributed by atoms with E-state index in [-0.39, 0.29) is 40.9 Å². The molecule has 1 saturated heterocycles. The molecule has 0 spiro atoms. The van der Waals surface area contributed by atoms with Gasteiger partial charge in [0, 0.05) is 17.4 Å². The Bertz CT molecular complexity index is 1330. The van der Waals surface area contributed by atoms with E-state index in [2.05, 4.69) is 10.8 Å². The molecule has 4 rings (SSSR count). The Kier molecular flexibility index (Phi) is 7.28. The Labute approximate surface area is 215 Å². The first kappa shape index (κ1) is 27.2. The highest BCUT2D eigenvalue weighted by molar-refractivity contribution is 7.88. The van der Waals surface area contributed by atoms with Crippen LogP contribution in [-0.2, 0) is 19.6 Å². The van der Waals surface area contributed by atoms with Gasteiger partial charge in [-0.3, -0.25) is 4.79 Å². The second-order valence-corrected chi connectivity index (χ2v) is 9.73. The van der Waals surface area contributed by atoms with Gasteiger partial charge in [-0.25, -0.2) is 0 Å². The minimum Gasteiger partial charge on any atom is -0.493 e. The van der Waals surface area contributed by atoms with Crippen LogP contribution < -0.4 is 27.9 Å². The van der Waals surface area contributed by atoms with Crippen molar-refractivity contribution in [1.82, 2.24) is 0 Å². The number of benzene rings is 2. The average molecular weight is 560 g/mol. The summed E-state index contributed by atoms with van der Waals surface area (Å²) in [5, 5.41) is 0. The van der Waals surface area contributed by atoms with Gasteiger partial charge in [-0.15, -0.1) is 6.58 Å². The average Bonchev–Trinajstić information content (AvgIpc) is 3.50. The fourth-order valence-electron chi connectivity index (χ4n) is 4.46. The molecule has 206 valence electrons. The van der Waals surface area contributed by atoms with Crippen molar-refractivity contribution in [2.75, 3.05) is 34.7 Å². The van der Waals surface area contributed by atoms with Gasteiger partial charge in [0.25, 0.3) is 0 Å². The monoisotopic (exact) mass is 560 g/mol. The van der Waals surface area contributed by atoms with Crippen molar-refractivity contribution in [3.63, 3.8) is 0 Å². The first-order valence-electron chi connectivity index (χ1n) is 11.0. The van der Waals surface area contributed by atoms with E-state index in [0.717, 1.165) is 0 Å². The van der Waals surface area contributed by atoms with Gasteiger partial charge >= 0.3 is 21.6 Å². The van der Waals surface area contributed by atoms with Crippen molar-refractivity contribution in [3.05, 3.63) is 48.0 Å². The molecule has 2 aliphatic heterocycles. The normalized spacial score (nSPS) is 19.5. The third-order valence-corrected chi connectivity index (χ3v) is 7.15. The molecule has 0 amide bonds. The van der Waals surface area contributed by atoms with Gasteiger partial charge in [0.05, 0.1) is 33.9 Å². The van der Waals surface area contributed by atoms with E-state index < -0.39 is 51.9 Å². The van der Waals surface area contributed by atoms with Crippen LogP contribution in [-0.4, -0.2) is 54.6 Å². The third kappa shape index (κ3) is 4.64. The van der Waals surface area contributed by atoms with Crippen LogP contribution in [0.25, 0.3) is 0 Å². The van der Waals surface area contributed by atoms with Gasteiger partial charge in [0.1, 0.15) is 0 Å². The Balaban J connectivity index is 2.03. The molecule has 2 aliphatic rings. The molecule has 2 heterocycles. The zero-order valence-electron chi connectivity index (χ0n) is 20.4. The lowest BCUT2D eigenvalue weighted by molar-refractivity contribution is -0.141. The van der Waals surface area contributed by atoms with Crippen molar-refractivity contribution in [3.8, 4) is 34.5 Å². The highest BCUT2D eigenvalue weighted by Gasteiger charge is 2.51. The zero-order valence-corrected chi connectivity index (χ0v) is 21.2. The first-order valence-corrected chi connectivity index (χ1v) is 12.4. The molecule has 2 aromatic rings. The summed E-state index contributed by atoms with van der Waals surface area (Å²) >= 11 is 0. The molecule has 2 aromatic carbocycles. The van der Waals surface area contributed by atoms with Crippen LogP contribution >= 0.6 is 0 Å². The van der Waals surface area contributed by atoms with Crippen molar-refractivity contribution < 1.29 is 59.0 Å². The number of esters is 1. The van der Waals surface area contributed by atoms with Crippen LogP contribution in [0.15, 0.2) is 36.9 Å². The lowest BCUT2D eigenvalue weighted by Crippen LogP contribution is -2.30. The van der Waals surface area contributed by atoms with Gasteiger partial charge in [0.15, 0.2) is 23.0 Å². The number of fused-ring (bicyclic) bond motifs is 1. The molecule has 1 fully saturated rings. The molecule has 0 aliphatic carbocycles. The molecule has 0 bridgehead atoms. The Hall–Kier alpha value is -3.81. The molecule has 38 heavy (non-hydrogen) atoms. The summed E-state index contributed by atoms with van der Waals surface area (Å²) in [7, 11) is -2.05. The first-order chi connectivity index (χ1) is 18.0. The molecule has 10 nitrogen and oxygen atoms in total. The quantitative estimate of drug-likeness (QED) is 0.194. The van der Waals surface area contributed by atoms with Crippen molar-refractivity contribution >= 4 is 16.1 Å². The zero-order chi connectivity index (χ0) is 27.8. The molecule has 1 unspecified atom stereocenters. The largest absolute Gasteiger partial charge is 0.534 e. The third-order valence-electron chi connectivity index (χ3n) is 6.20. The molecule has 0 N–H and O–H groups in total. The Morgan fingerprint density at radius 1 is 1.03 bits per heavy atom. The number of cyclic esters (lactones) is 1. The number of halogens is 3. The van der Waals surface area contributed by atoms with Gasteiger partial charge in [0.2, 0.25) is 18.3 Å². The molecule has 0 saturated carbocycles. The number of carbonyl (C=O) groups excluding carboxylic acids is 1. The predicted molar refractivity (Wildman–Crippen MR) is 124 cm³/mol. The smallest absolute Gasteiger partial charge is 0.493 e. The molecule has 0 aromatic heterocycles. The standard InChI is InChI=1S/C24H23F3O10S/c1-5-12-10-34-23(28)19(12)18(13-8-16(31-2)21(33-4)17(9-13)32-3)14-6-7-15-22(36-11-35-15)20(14)37-38(29,30)24(25,26)27/h5-9,12,18-19H,1,10-11H2,2-4H3/t12?,18-,19+/m1/s1. The van der Waals surface area contributed by atoms with Gasteiger partial charge in [-0.2, -0.15) is 21.6 Å². The second kappa shape index (κ2) is 10.2. The van der Waals surface area contributed by atoms with Gasteiger partial charge < -0.3 is 32.6 Å². The van der Waals surface area contributed by atoms with E-state index in [4.69, 9.17) is 28.4 Å². The second-order valence-electron chi connectivity index (χ2n) is 8.19. The van der Waals surface area contributed by atoms with Crippen LogP contribution in [0.3, 0.4) is 0 Å². The maximum absolute atomic E-state index is 13.4. The lowest BCUT2D eigenvalue weighted by Gasteiger charge is -2.28. The molecule has 0 radical (unpaired) electrons. The molecule has 14 heteroatoms. The summed E-state index contributed by atoms with van der Waals surface area (Å²) in [6.45, 7) is 3.30. The highest BCUT2D eigenvalue weighted by Crippen LogP contribution is 2.53. The van der Waals surface area contributed by atoms with E-state index >= 15 is 0 Å². The number of ether oxygens (including phenoxy) is 6. The summed E-state index contributed by atoms with van der Waals surface area (Å²) < 4.78 is 101. The van der Waals surface area contributed by atoms with Crippen LogP contribution in [0.2, 0.25) is 0 Å². The summed E-state index contributed by atoms with van der Waals surface area (Å²) in [5.41, 5.74) is -5.57. The van der Waals surface area contributed by atoms with Crippen LogP contribution in [0.4, 0.5) is 13.2 Å². The highest BCUT2D eigenvalue weighted by atomic mass is 32.2. The van der Waals surface area contributed by atoms with E-state index in [0.29, 0.717) is 5.56 Å². The topological polar surface area (TPSA) is 116 Å². The van der Waals surface area contributed by atoms with E-state index in [9.17, 15) is 26.4 Å². The molecular weight excluding hydrogens is 537 g/mol. The number of alkyl halides is 3. The fourth-order valence-corrected chi connectivity index (χ4v) is 4.95. The SMILES string of the molecule is C=CC1COC(=O)[C@@H]1[C@H](c1cc(OC)c(OC)c(OC)c1)c1ccc2c(c1OS(=O)(=O)C(F)(F)F)OCO2. The Morgan fingerprint density at radius 2 is 1.68 bits per heavy atom. The lowest BCUT2D eigenvalue weighted by atomic mass is 9.75. The fraction of sp³-hybridized carbons (Fsp3) is 0.375. The van der Waals surface area contributed by atoms with E-state index in [1.165, 1.54) is 51.7 Å². The maximum atomic E-state index is 13.4. The number of rotatable bonds is 9. The number of carbonyl (C=O) groups is 1. The van der Waals surface area contributed by atoms with Gasteiger partial charge in [-0.05, 0) is 23.8 Å². The van der Waals surface area contributed by atoms with Crippen molar-refractivity contribution in [2.45, 2.75) is 11.4 Å². The molecular formula is C24H23F3O10S.